The van der Waals surface area contributed by atoms with Crippen molar-refractivity contribution in [3.63, 3.8) is 0 Å². The van der Waals surface area contributed by atoms with Gasteiger partial charge in [-0.15, -0.1) is 0 Å². The van der Waals surface area contributed by atoms with Crippen LogP contribution in [0.2, 0.25) is 0 Å². The molecule has 2 aromatic heterocycles. The number of furan rings is 1. The van der Waals surface area contributed by atoms with Gasteiger partial charge >= 0.3 is 0 Å². The summed E-state index contributed by atoms with van der Waals surface area (Å²) >= 11 is 0. The molecule has 0 fully saturated rings. The Bertz CT molecular complexity index is 838. The molecular weight excluding hydrogens is 254 g/mol. The van der Waals surface area contributed by atoms with E-state index < -0.39 is 0 Å². The third kappa shape index (κ3) is 1.65. The van der Waals surface area contributed by atoms with E-state index in [0.717, 1.165) is 11.0 Å². The Morgan fingerprint density at radius 2 is 1.85 bits per heavy atom. The van der Waals surface area contributed by atoms with E-state index in [1.807, 2.05) is 30.3 Å². The first kappa shape index (κ1) is 12.5. The molecule has 0 saturated carbocycles. The lowest BCUT2D eigenvalue weighted by Crippen LogP contribution is -2.21. The number of hydrogen-bond donors (Lipinski definition) is 1. The van der Waals surface area contributed by atoms with Gasteiger partial charge in [-0.25, -0.2) is 0 Å². The van der Waals surface area contributed by atoms with Gasteiger partial charge in [0.2, 0.25) is 0 Å². The molecule has 102 valence electrons. The monoisotopic (exact) mass is 269 g/mol. The number of rotatable bonds is 1. The first-order valence-corrected chi connectivity index (χ1v) is 6.39. The lowest BCUT2D eigenvalue weighted by molar-refractivity contribution is 0.462. The molecule has 0 amide bonds. The molecular formula is C16H15NO3. The number of pyridine rings is 1. The first-order chi connectivity index (χ1) is 9.50. The molecule has 0 aliphatic heterocycles. The number of aromatic nitrogens is 1. The van der Waals surface area contributed by atoms with Gasteiger partial charge in [0.1, 0.15) is 11.3 Å². The van der Waals surface area contributed by atoms with E-state index >= 15 is 0 Å². The Morgan fingerprint density at radius 1 is 1.15 bits per heavy atom. The minimum Gasteiger partial charge on any atom is -0.507 e. The molecule has 3 rings (SSSR count). The van der Waals surface area contributed by atoms with E-state index in [9.17, 15) is 9.90 Å². The third-order valence-electron chi connectivity index (χ3n) is 3.69. The molecule has 0 aliphatic rings. The second kappa shape index (κ2) is 4.27. The van der Waals surface area contributed by atoms with E-state index in [1.165, 1.54) is 4.57 Å². The number of hydrogen-bond acceptors (Lipinski definition) is 3. The van der Waals surface area contributed by atoms with Gasteiger partial charge in [-0.3, -0.25) is 4.79 Å². The van der Waals surface area contributed by atoms with Crippen molar-refractivity contribution < 1.29 is 9.52 Å². The van der Waals surface area contributed by atoms with Crippen LogP contribution in [-0.4, -0.2) is 9.67 Å². The van der Waals surface area contributed by atoms with Crippen LogP contribution >= 0.6 is 0 Å². The van der Waals surface area contributed by atoms with Gasteiger partial charge in [0.25, 0.3) is 5.56 Å². The smallest absolute Gasteiger partial charge is 0.257 e. The average molecular weight is 269 g/mol. The quantitative estimate of drug-likeness (QED) is 0.738. The lowest BCUT2D eigenvalue weighted by atomic mass is 10.1. The molecule has 1 N–H and O–H groups in total. The van der Waals surface area contributed by atoms with Crippen LogP contribution in [0.4, 0.5) is 0 Å². The van der Waals surface area contributed by atoms with E-state index in [4.69, 9.17) is 4.42 Å². The zero-order chi connectivity index (χ0) is 14.4. The summed E-state index contributed by atoms with van der Waals surface area (Å²) in [5, 5.41) is 11.0. The fourth-order valence-corrected chi connectivity index (χ4v) is 2.55. The summed E-state index contributed by atoms with van der Waals surface area (Å²) in [7, 11) is 1.68. The zero-order valence-electron chi connectivity index (χ0n) is 11.6. The highest BCUT2D eigenvalue weighted by Crippen LogP contribution is 2.33. The molecule has 1 aromatic carbocycles. The van der Waals surface area contributed by atoms with Crippen LogP contribution < -0.4 is 5.56 Å². The van der Waals surface area contributed by atoms with Crippen LogP contribution in [0.1, 0.15) is 11.1 Å². The van der Waals surface area contributed by atoms with Gasteiger partial charge in [0, 0.05) is 18.0 Å². The number of fused-ring (bicyclic) bond motifs is 1. The normalized spacial score (nSPS) is 11.2. The van der Waals surface area contributed by atoms with Crippen molar-refractivity contribution in [2.24, 2.45) is 7.05 Å². The highest BCUT2D eigenvalue weighted by atomic mass is 16.3. The summed E-state index contributed by atoms with van der Waals surface area (Å²) in [6, 6.07) is 9.53. The second-order valence-corrected chi connectivity index (χ2v) is 4.96. The SMILES string of the molecule is Cc1c(O)c(C)c(=O)n(C)c1-c1cc2ccccc2o1. The second-order valence-electron chi connectivity index (χ2n) is 4.96. The van der Waals surface area contributed by atoms with Crippen LogP contribution in [0.15, 0.2) is 39.5 Å². The molecule has 0 spiro atoms. The first-order valence-electron chi connectivity index (χ1n) is 6.39. The van der Waals surface area contributed by atoms with Crippen molar-refractivity contribution in [1.29, 1.82) is 0 Å². The Kier molecular flexibility index (Phi) is 2.67. The van der Waals surface area contributed by atoms with Crippen LogP contribution in [0, 0.1) is 13.8 Å². The van der Waals surface area contributed by atoms with Crippen LogP contribution in [0.5, 0.6) is 5.75 Å². The topological polar surface area (TPSA) is 55.4 Å². The van der Waals surface area contributed by atoms with E-state index in [2.05, 4.69) is 0 Å². The van der Waals surface area contributed by atoms with Gasteiger partial charge in [-0.1, -0.05) is 18.2 Å². The predicted octanol–water partition coefficient (Wildman–Crippen LogP) is 3.12. The molecule has 0 bridgehead atoms. The minimum absolute atomic E-state index is 0.0311. The number of benzene rings is 1. The van der Waals surface area contributed by atoms with Gasteiger partial charge in [0.15, 0.2) is 5.76 Å². The molecule has 20 heavy (non-hydrogen) atoms. The molecule has 0 aliphatic carbocycles. The van der Waals surface area contributed by atoms with Crippen molar-refractivity contribution >= 4 is 11.0 Å². The molecule has 0 saturated heterocycles. The van der Waals surface area contributed by atoms with E-state index in [-0.39, 0.29) is 11.3 Å². The van der Waals surface area contributed by atoms with Gasteiger partial charge < -0.3 is 14.1 Å². The average Bonchev–Trinajstić information content (AvgIpc) is 2.86. The summed E-state index contributed by atoms with van der Waals surface area (Å²) in [4.78, 5) is 12.1. The maximum Gasteiger partial charge on any atom is 0.257 e. The Labute approximate surface area is 115 Å². The summed E-state index contributed by atoms with van der Waals surface area (Å²) in [5.41, 5.74) is 2.14. The third-order valence-corrected chi connectivity index (χ3v) is 3.69. The molecule has 4 nitrogen and oxygen atoms in total. The van der Waals surface area contributed by atoms with Crippen molar-refractivity contribution in [3.8, 4) is 17.2 Å². The van der Waals surface area contributed by atoms with E-state index in [0.29, 0.717) is 22.6 Å². The number of aromatic hydroxyl groups is 1. The van der Waals surface area contributed by atoms with Crippen molar-refractivity contribution in [1.82, 2.24) is 4.57 Å². The molecule has 0 radical (unpaired) electrons. The summed E-state index contributed by atoms with van der Waals surface area (Å²) in [6.07, 6.45) is 0. The van der Waals surface area contributed by atoms with Crippen molar-refractivity contribution in [2.45, 2.75) is 13.8 Å². The molecule has 0 unspecified atom stereocenters. The highest BCUT2D eigenvalue weighted by Gasteiger charge is 2.18. The van der Waals surface area contributed by atoms with Gasteiger partial charge in [-0.05, 0) is 26.0 Å². The standard InChI is InChI=1S/C16H15NO3/c1-9-14(17(3)16(19)10(2)15(9)18)13-8-11-6-4-5-7-12(11)20-13/h4-8,18H,1-3H3. The van der Waals surface area contributed by atoms with Gasteiger partial charge in [-0.2, -0.15) is 0 Å². The Hall–Kier alpha value is -2.49. The zero-order valence-corrected chi connectivity index (χ0v) is 11.6. The van der Waals surface area contributed by atoms with Crippen LogP contribution in [0.25, 0.3) is 22.4 Å². The summed E-state index contributed by atoms with van der Waals surface area (Å²) in [6.45, 7) is 3.40. The molecule has 2 heterocycles. The Balaban J connectivity index is 2.37. The lowest BCUT2D eigenvalue weighted by Gasteiger charge is -2.12. The van der Waals surface area contributed by atoms with Gasteiger partial charge in [0.05, 0.1) is 11.3 Å². The van der Waals surface area contributed by atoms with E-state index in [1.54, 1.807) is 20.9 Å². The maximum absolute atomic E-state index is 12.1. The molecule has 3 aromatic rings. The fraction of sp³-hybridized carbons (Fsp3) is 0.188. The van der Waals surface area contributed by atoms with Crippen molar-refractivity contribution in [2.75, 3.05) is 0 Å². The number of nitrogens with zero attached hydrogens (tertiary/aromatic N) is 1. The fourth-order valence-electron chi connectivity index (χ4n) is 2.55. The summed E-state index contributed by atoms with van der Waals surface area (Å²) < 4.78 is 7.31. The molecule has 4 heteroatoms. The van der Waals surface area contributed by atoms with Crippen LogP contribution in [0.3, 0.4) is 0 Å². The van der Waals surface area contributed by atoms with Crippen LogP contribution in [-0.2, 0) is 7.05 Å². The summed E-state index contributed by atoms with van der Waals surface area (Å²) in [5.74, 6) is 0.613. The highest BCUT2D eigenvalue weighted by molar-refractivity contribution is 5.83. The predicted molar refractivity (Wildman–Crippen MR) is 78.0 cm³/mol. The maximum atomic E-state index is 12.1. The number of para-hydroxylation sites is 1. The van der Waals surface area contributed by atoms with Crippen molar-refractivity contribution in [3.05, 3.63) is 51.8 Å². The largest absolute Gasteiger partial charge is 0.507 e. The molecule has 0 atom stereocenters. The Morgan fingerprint density at radius 3 is 2.55 bits per heavy atom. The minimum atomic E-state index is -0.219.